The van der Waals surface area contributed by atoms with E-state index in [-0.39, 0.29) is 35.0 Å². The minimum atomic E-state index is -0.983. The Kier molecular flexibility index (Phi) is 8.95. The molecule has 1 atom stereocenters. The number of nitrogens with one attached hydrogen (secondary N) is 1. The highest BCUT2D eigenvalue weighted by Crippen LogP contribution is 2.46. The van der Waals surface area contributed by atoms with Crippen LogP contribution in [0.5, 0.6) is 40.2 Å². The number of methoxy groups -OCH3 is 6. The molecule has 38 heavy (non-hydrogen) atoms. The summed E-state index contributed by atoms with van der Waals surface area (Å²) < 4.78 is 37.7. The standard InChI is InChI=1S/C27H31NO10/c1-14-10-18(29)23(27(31)38-14)17(16-8-9-19(32-2)26(37-7)24(16)35-5)13-22(30)28-15-11-20(33-3)25(36-6)21(12-15)34-4/h8-12,17,29H,13H2,1-7H3,(H,28,30). The minimum Gasteiger partial charge on any atom is -0.507 e. The average Bonchev–Trinajstić information content (AvgIpc) is 2.90. The third-order valence-corrected chi connectivity index (χ3v) is 5.89. The predicted molar refractivity (Wildman–Crippen MR) is 139 cm³/mol. The zero-order chi connectivity index (χ0) is 28.0. The van der Waals surface area contributed by atoms with Crippen molar-refractivity contribution in [3.05, 3.63) is 57.6 Å². The zero-order valence-electron chi connectivity index (χ0n) is 22.3. The minimum absolute atomic E-state index is 0.110. The Hall–Kier alpha value is -4.54. The molecule has 0 saturated heterocycles. The van der Waals surface area contributed by atoms with Crippen LogP contribution in [0.4, 0.5) is 5.69 Å². The smallest absolute Gasteiger partial charge is 0.343 e. The summed E-state index contributed by atoms with van der Waals surface area (Å²) in [5.74, 6) is 0.364. The van der Waals surface area contributed by atoms with Crippen molar-refractivity contribution in [2.75, 3.05) is 48.0 Å². The highest BCUT2D eigenvalue weighted by Gasteiger charge is 2.31. The molecule has 0 spiro atoms. The van der Waals surface area contributed by atoms with Gasteiger partial charge in [-0.2, -0.15) is 0 Å². The molecule has 0 aliphatic rings. The Morgan fingerprint density at radius 3 is 1.92 bits per heavy atom. The van der Waals surface area contributed by atoms with Crippen molar-refractivity contribution in [1.29, 1.82) is 0 Å². The number of carbonyl (C=O) groups excluding carboxylic acids is 1. The summed E-state index contributed by atoms with van der Waals surface area (Å²) in [7, 11) is 8.72. The normalized spacial score (nSPS) is 11.3. The van der Waals surface area contributed by atoms with Gasteiger partial charge in [-0.05, 0) is 13.0 Å². The van der Waals surface area contributed by atoms with Crippen molar-refractivity contribution in [3.8, 4) is 40.2 Å². The number of amides is 1. The highest BCUT2D eigenvalue weighted by atomic mass is 16.5. The van der Waals surface area contributed by atoms with E-state index in [0.29, 0.717) is 34.2 Å². The summed E-state index contributed by atoms with van der Waals surface area (Å²) in [6.45, 7) is 1.54. The molecule has 0 radical (unpaired) electrons. The molecule has 1 amide bonds. The predicted octanol–water partition coefficient (Wildman–Crippen LogP) is 3.87. The quantitative estimate of drug-likeness (QED) is 0.377. The van der Waals surface area contributed by atoms with E-state index in [1.165, 1.54) is 55.6 Å². The number of anilines is 1. The number of ether oxygens (including phenoxy) is 6. The number of aromatic hydroxyl groups is 1. The lowest BCUT2D eigenvalue weighted by Crippen LogP contribution is -2.21. The number of carbonyl (C=O) groups is 1. The first kappa shape index (κ1) is 28.0. The van der Waals surface area contributed by atoms with Crippen LogP contribution in [0, 0.1) is 6.92 Å². The second-order valence-electron chi connectivity index (χ2n) is 8.09. The van der Waals surface area contributed by atoms with Crippen LogP contribution in [0.25, 0.3) is 0 Å². The van der Waals surface area contributed by atoms with E-state index >= 15 is 0 Å². The lowest BCUT2D eigenvalue weighted by atomic mass is 9.87. The van der Waals surface area contributed by atoms with Gasteiger partial charge in [-0.25, -0.2) is 4.79 Å². The van der Waals surface area contributed by atoms with Crippen molar-refractivity contribution in [2.45, 2.75) is 19.3 Å². The van der Waals surface area contributed by atoms with Crippen molar-refractivity contribution < 1.29 is 42.7 Å². The molecule has 204 valence electrons. The van der Waals surface area contributed by atoms with E-state index in [0.717, 1.165) is 0 Å². The average molecular weight is 530 g/mol. The third kappa shape index (κ3) is 5.56. The molecule has 2 aromatic carbocycles. The van der Waals surface area contributed by atoms with E-state index in [9.17, 15) is 14.7 Å². The van der Waals surface area contributed by atoms with Gasteiger partial charge in [-0.1, -0.05) is 6.07 Å². The molecule has 2 N–H and O–H groups in total. The summed E-state index contributed by atoms with van der Waals surface area (Å²) >= 11 is 0. The monoisotopic (exact) mass is 529 g/mol. The van der Waals surface area contributed by atoms with Gasteiger partial charge in [0, 0.05) is 41.8 Å². The molecule has 0 aliphatic heterocycles. The largest absolute Gasteiger partial charge is 0.507 e. The fourth-order valence-corrected chi connectivity index (χ4v) is 4.24. The van der Waals surface area contributed by atoms with Gasteiger partial charge in [0.1, 0.15) is 11.5 Å². The molecule has 1 unspecified atom stereocenters. The lowest BCUT2D eigenvalue weighted by Gasteiger charge is -2.22. The van der Waals surface area contributed by atoms with Crippen LogP contribution in [0.2, 0.25) is 0 Å². The van der Waals surface area contributed by atoms with Gasteiger partial charge in [0.05, 0.1) is 48.2 Å². The Morgan fingerprint density at radius 1 is 0.842 bits per heavy atom. The van der Waals surface area contributed by atoms with Gasteiger partial charge in [0.15, 0.2) is 23.0 Å². The zero-order valence-corrected chi connectivity index (χ0v) is 22.3. The van der Waals surface area contributed by atoms with E-state index in [1.807, 2.05) is 0 Å². The fraction of sp³-hybridized carbons (Fsp3) is 0.333. The maximum Gasteiger partial charge on any atom is 0.343 e. The fourth-order valence-electron chi connectivity index (χ4n) is 4.24. The van der Waals surface area contributed by atoms with Crippen LogP contribution in [0.15, 0.2) is 39.5 Å². The molecule has 3 aromatic rings. The van der Waals surface area contributed by atoms with Crippen molar-refractivity contribution >= 4 is 11.6 Å². The van der Waals surface area contributed by atoms with Gasteiger partial charge in [0.2, 0.25) is 17.4 Å². The molecule has 1 heterocycles. The third-order valence-electron chi connectivity index (χ3n) is 5.89. The van der Waals surface area contributed by atoms with Crippen molar-refractivity contribution in [2.24, 2.45) is 0 Å². The van der Waals surface area contributed by atoms with E-state index in [2.05, 4.69) is 5.32 Å². The van der Waals surface area contributed by atoms with Crippen LogP contribution in [-0.4, -0.2) is 53.7 Å². The summed E-state index contributed by atoms with van der Waals surface area (Å²) in [5.41, 5.74) is -0.134. The van der Waals surface area contributed by atoms with Crippen molar-refractivity contribution in [1.82, 2.24) is 0 Å². The first-order valence-corrected chi connectivity index (χ1v) is 11.4. The van der Waals surface area contributed by atoms with E-state index in [1.54, 1.807) is 24.3 Å². The number of benzene rings is 2. The van der Waals surface area contributed by atoms with Gasteiger partial charge >= 0.3 is 5.63 Å². The molecule has 11 heteroatoms. The molecule has 0 aliphatic carbocycles. The first-order chi connectivity index (χ1) is 18.2. The van der Waals surface area contributed by atoms with E-state index in [4.69, 9.17) is 32.8 Å². The topological polar surface area (TPSA) is 135 Å². The van der Waals surface area contributed by atoms with Gasteiger partial charge < -0.3 is 43.3 Å². The number of hydrogen-bond donors (Lipinski definition) is 2. The molecule has 11 nitrogen and oxygen atoms in total. The second kappa shape index (κ2) is 12.1. The maximum atomic E-state index is 13.4. The number of rotatable bonds is 11. The van der Waals surface area contributed by atoms with Crippen LogP contribution in [-0.2, 0) is 4.79 Å². The maximum absolute atomic E-state index is 13.4. The Balaban J connectivity index is 2.12. The van der Waals surface area contributed by atoms with Crippen molar-refractivity contribution in [3.63, 3.8) is 0 Å². The van der Waals surface area contributed by atoms with Gasteiger partial charge in [0.25, 0.3) is 0 Å². The van der Waals surface area contributed by atoms with Gasteiger partial charge in [-0.15, -0.1) is 0 Å². The Morgan fingerprint density at radius 2 is 1.42 bits per heavy atom. The van der Waals surface area contributed by atoms with Crippen LogP contribution in [0.3, 0.4) is 0 Å². The highest BCUT2D eigenvalue weighted by molar-refractivity contribution is 5.92. The molecule has 0 saturated carbocycles. The van der Waals surface area contributed by atoms with Crippen LogP contribution >= 0.6 is 0 Å². The summed E-state index contributed by atoms with van der Waals surface area (Å²) in [6.07, 6.45) is -0.274. The Labute approximate surface area is 219 Å². The SMILES string of the molecule is COc1cc(NC(=O)CC(c2ccc(OC)c(OC)c2OC)c2c(O)cc(C)oc2=O)cc(OC)c1OC. The lowest BCUT2D eigenvalue weighted by molar-refractivity contribution is -0.116. The molecule has 1 aromatic heterocycles. The van der Waals surface area contributed by atoms with Crippen LogP contribution < -0.4 is 39.4 Å². The molecular weight excluding hydrogens is 498 g/mol. The van der Waals surface area contributed by atoms with Gasteiger partial charge in [-0.3, -0.25) is 4.79 Å². The van der Waals surface area contributed by atoms with E-state index < -0.39 is 17.5 Å². The molecular formula is C27H31NO10. The molecule has 3 rings (SSSR count). The second-order valence-corrected chi connectivity index (χ2v) is 8.09. The number of aryl methyl sites for hydroxylation is 1. The van der Waals surface area contributed by atoms with Crippen LogP contribution in [0.1, 0.15) is 29.2 Å². The number of hydrogen-bond acceptors (Lipinski definition) is 10. The first-order valence-electron chi connectivity index (χ1n) is 11.4. The molecule has 0 fully saturated rings. The molecule has 0 bridgehead atoms. The Bertz CT molecular complexity index is 1340. The summed E-state index contributed by atoms with van der Waals surface area (Å²) in [6, 6.07) is 7.71. The summed E-state index contributed by atoms with van der Waals surface area (Å²) in [4.78, 5) is 26.3. The summed E-state index contributed by atoms with van der Waals surface area (Å²) in [5, 5.41) is 13.5.